The van der Waals surface area contributed by atoms with Gasteiger partial charge in [-0.15, -0.1) is 0 Å². The van der Waals surface area contributed by atoms with Gasteiger partial charge in [-0.05, 0) is 44.4 Å². The van der Waals surface area contributed by atoms with Crippen LogP contribution in [-0.4, -0.2) is 53.3 Å². The molecule has 2 N–H and O–H groups in total. The molecule has 0 bridgehead atoms. The first kappa shape index (κ1) is 16.8. The van der Waals surface area contributed by atoms with E-state index >= 15 is 0 Å². The lowest BCUT2D eigenvalue weighted by atomic mass is 10.0. The Hall–Kier alpha value is -2.02. The molecule has 1 aromatic rings. The maximum Gasteiger partial charge on any atom is 0.254 e. The van der Waals surface area contributed by atoms with Gasteiger partial charge in [-0.25, -0.2) is 8.78 Å². The highest BCUT2D eigenvalue weighted by Crippen LogP contribution is 2.26. The summed E-state index contributed by atoms with van der Waals surface area (Å²) in [5, 5.41) is 0. The van der Waals surface area contributed by atoms with Crippen LogP contribution in [-0.2, 0) is 4.79 Å². The van der Waals surface area contributed by atoms with Crippen LogP contribution >= 0.6 is 0 Å². The zero-order valence-corrected chi connectivity index (χ0v) is 13.4. The summed E-state index contributed by atoms with van der Waals surface area (Å²) >= 11 is 0. The van der Waals surface area contributed by atoms with Crippen LogP contribution in [0.4, 0.5) is 8.78 Å². The predicted molar refractivity (Wildman–Crippen MR) is 84.2 cm³/mol. The van der Waals surface area contributed by atoms with Gasteiger partial charge in [0.1, 0.15) is 11.6 Å². The van der Waals surface area contributed by atoms with Crippen molar-refractivity contribution < 1.29 is 18.4 Å². The molecule has 1 atom stereocenters. The van der Waals surface area contributed by atoms with Gasteiger partial charge in [0, 0.05) is 30.8 Å². The first-order valence-corrected chi connectivity index (χ1v) is 8.26. The Labute approximate surface area is 139 Å². The van der Waals surface area contributed by atoms with Gasteiger partial charge in [0.25, 0.3) is 5.91 Å². The molecule has 2 saturated heterocycles. The Morgan fingerprint density at radius 2 is 1.62 bits per heavy atom. The summed E-state index contributed by atoms with van der Waals surface area (Å²) in [7, 11) is 0. The van der Waals surface area contributed by atoms with E-state index in [1.165, 1.54) is 0 Å². The molecule has 5 nitrogen and oxygen atoms in total. The largest absolute Gasteiger partial charge is 0.368 e. The highest BCUT2D eigenvalue weighted by Gasteiger charge is 2.36. The Morgan fingerprint density at radius 1 is 1.00 bits per heavy atom. The molecule has 0 radical (unpaired) electrons. The minimum atomic E-state index is -0.755. The Balaban J connectivity index is 1.62. The van der Waals surface area contributed by atoms with Crippen molar-refractivity contribution in [3.8, 4) is 0 Å². The molecule has 0 aliphatic carbocycles. The minimum absolute atomic E-state index is 0.0298. The Morgan fingerprint density at radius 3 is 2.21 bits per heavy atom. The van der Waals surface area contributed by atoms with Gasteiger partial charge in [0.15, 0.2) is 0 Å². The van der Waals surface area contributed by atoms with E-state index in [4.69, 9.17) is 5.73 Å². The van der Waals surface area contributed by atoms with E-state index in [9.17, 15) is 18.4 Å². The fraction of sp³-hybridized carbons (Fsp3) is 0.529. The van der Waals surface area contributed by atoms with Crippen LogP contribution in [0.2, 0.25) is 0 Å². The molecule has 2 amide bonds. The lowest BCUT2D eigenvalue weighted by Gasteiger charge is -2.38. The standard InChI is InChI=1S/C17H21F2N3O2/c18-12-8-11(9-13(19)10-12)17(24)21-6-3-14(4-7-21)22-5-1-2-15(22)16(20)23/h8-10,14-15H,1-7H2,(H2,20,23)/t15-/m0/s1. The average molecular weight is 337 g/mol. The summed E-state index contributed by atoms with van der Waals surface area (Å²) in [6.07, 6.45) is 3.20. The van der Waals surface area contributed by atoms with Crippen molar-refractivity contribution in [1.29, 1.82) is 0 Å². The lowest BCUT2D eigenvalue weighted by molar-refractivity contribution is -0.123. The molecule has 3 rings (SSSR count). The highest BCUT2D eigenvalue weighted by atomic mass is 19.1. The van der Waals surface area contributed by atoms with E-state index in [1.807, 2.05) is 0 Å². The Bertz CT molecular complexity index is 624. The maximum absolute atomic E-state index is 13.3. The highest BCUT2D eigenvalue weighted by molar-refractivity contribution is 5.94. The summed E-state index contributed by atoms with van der Waals surface area (Å²) < 4.78 is 26.6. The molecule has 24 heavy (non-hydrogen) atoms. The number of piperidine rings is 1. The quantitative estimate of drug-likeness (QED) is 0.909. The first-order valence-electron chi connectivity index (χ1n) is 8.26. The van der Waals surface area contributed by atoms with E-state index in [-0.39, 0.29) is 29.5 Å². The summed E-state index contributed by atoms with van der Waals surface area (Å²) in [6.45, 7) is 1.86. The van der Waals surface area contributed by atoms with Crippen LogP contribution in [0.3, 0.4) is 0 Å². The molecule has 0 saturated carbocycles. The summed E-state index contributed by atoms with van der Waals surface area (Å²) in [4.78, 5) is 27.7. The van der Waals surface area contributed by atoms with E-state index in [0.717, 1.165) is 50.4 Å². The van der Waals surface area contributed by atoms with E-state index in [2.05, 4.69) is 4.90 Å². The molecule has 7 heteroatoms. The molecule has 2 fully saturated rings. The number of halogens is 2. The fourth-order valence-electron chi connectivity index (χ4n) is 3.79. The zero-order chi connectivity index (χ0) is 17.3. The van der Waals surface area contributed by atoms with Crippen LogP contribution in [0, 0.1) is 11.6 Å². The van der Waals surface area contributed by atoms with Crippen molar-refractivity contribution in [2.45, 2.75) is 37.8 Å². The summed E-state index contributed by atoms with van der Waals surface area (Å²) in [6, 6.07) is 2.87. The van der Waals surface area contributed by atoms with Crippen LogP contribution in [0.15, 0.2) is 18.2 Å². The normalized spacial score (nSPS) is 22.8. The molecular formula is C17H21F2N3O2. The monoisotopic (exact) mass is 337 g/mol. The predicted octanol–water partition coefficient (Wildman–Crippen LogP) is 1.52. The van der Waals surface area contributed by atoms with Crippen molar-refractivity contribution in [2.24, 2.45) is 5.73 Å². The molecule has 2 aliphatic rings. The number of benzene rings is 1. The molecular weight excluding hydrogens is 316 g/mol. The summed E-state index contributed by atoms with van der Waals surface area (Å²) in [5.41, 5.74) is 5.49. The molecule has 0 spiro atoms. The maximum atomic E-state index is 13.3. The van der Waals surface area contributed by atoms with Crippen LogP contribution < -0.4 is 5.73 Å². The minimum Gasteiger partial charge on any atom is -0.368 e. The molecule has 130 valence electrons. The van der Waals surface area contributed by atoms with Gasteiger partial charge in [-0.3, -0.25) is 14.5 Å². The van der Waals surface area contributed by atoms with Gasteiger partial charge in [-0.1, -0.05) is 0 Å². The van der Waals surface area contributed by atoms with Gasteiger partial charge >= 0.3 is 0 Å². The smallest absolute Gasteiger partial charge is 0.254 e. The van der Waals surface area contributed by atoms with Gasteiger partial charge in [-0.2, -0.15) is 0 Å². The molecule has 0 unspecified atom stereocenters. The van der Waals surface area contributed by atoms with Crippen LogP contribution in [0.1, 0.15) is 36.0 Å². The van der Waals surface area contributed by atoms with Gasteiger partial charge in [0.2, 0.25) is 5.91 Å². The molecule has 1 aromatic carbocycles. The third-order valence-electron chi connectivity index (χ3n) is 4.95. The van der Waals surface area contributed by atoms with Crippen molar-refractivity contribution in [2.75, 3.05) is 19.6 Å². The number of likely N-dealkylation sites (tertiary alicyclic amines) is 2. The van der Waals surface area contributed by atoms with Crippen molar-refractivity contribution in [1.82, 2.24) is 9.80 Å². The second kappa shape index (κ2) is 6.84. The van der Waals surface area contributed by atoms with Crippen molar-refractivity contribution >= 4 is 11.8 Å². The SMILES string of the molecule is NC(=O)[C@@H]1CCCN1C1CCN(C(=O)c2cc(F)cc(F)c2)CC1. The second-order valence-electron chi connectivity index (χ2n) is 6.48. The van der Waals surface area contributed by atoms with Crippen LogP contribution in [0.25, 0.3) is 0 Å². The lowest BCUT2D eigenvalue weighted by Crippen LogP contribution is -2.51. The number of carbonyl (C=O) groups is 2. The number of primary amides is 1. The number of hydrogen-bond acceptors (Lipinski definition) is 3. The van der Waals surface area contributed by atoms with Crippen molar-refractivity contribution in [3.63, 3.8) is 0 Å². The average Bonchev–Trinajstić information content (AvgIpc) is 3.03. The number of amides is 2. The zero-order valence-electron chi connectivity index (χ0n) is 13.4. The third kappa shape index (κ3) is 3.40. The van der Waals surface area contributed by atoms with Gasteiger partial charge in [0.05, 0.1) is 6.04 Å². The van der Waals surface area contributed by atoms with E-state index in [0.29, 0.717) is 13.1 Å². The number of carbonyl (C=O) groups excluding carboxylic acids is 2. The molecule has 0 aromatic heterocycles. The van der Waals surface area contributed by atoms with E-state index < -0.39 is 11.6 Å². The topological polar surface area (TPSA) is 66.6 Å². The number of hydrogen-bond donors (Lipinski definition) is 1. The Kier molecular flexibility index (Phi) is 4.80. The number of nitrogens with two attached hydrogens (primary N) is 1. The first-order chi connectivity index (χ1) is 11.5. The fourth-order valence-corrected chi connectivity index (χ4v) is 3.79. The van der Waals surface area contributed by atoms with Crippen molar-refractivity contribution in [3.05, 3.63) is 35.4 Å². The third-order valence-corrected chi connectivity index (χ3v) is 4.95. The van der Waals surface area contributed by atoms with E-state index in [1.54, 1.807) is 4.90 Å². The molecule has 2 heterocycles. The van der Waals surface area contributed by atoms with Crippen LogP contribution in [0.5, 0.6) is 0 Å². The number of rotatable bonds is 3. The molecule has 2 aliphatic heterocycles. The second-order valence-corrected chi connectivity index (χ2v) is 6.48. The summed E-state index contributed by atoms with van der Waals surface area (Å²) in [5.74, 6) is -2.16. The number of nitrogens with zero attached hydrogens (tertiary/aromatic N) is 2. The van der Waals surface area contributed by atoms with Gasteiger partial charge < -0.3 is 10.6 Å².